The first-order valence-electron chi connectivity index (χ1n) is 13.1. The van der Waals surface area contributed by atoms with Gasteiger partial charge in [0.15, 0.2) is 0 Å². The Hall–Kier alpha value is -0.510. The second-order valence-corrected chi connectivity index (χ2v) is 10.5. The fraction of sp³-hybridized carbons (Fsp3) is 0.963. The van der Waals surface area contributed by atoms with Crippen LogP contribution in [0.1, 0.15) is 142 Å². The minimum atomic E-state index is 0.0409. The minimum Gasteiger partial charge on any atom is -0.198 e. The molecular weight excluding hydrogens is 338 g/mol. The Morgan fingerprint density at radius 3 is 1.71 bits per heavy atom. The molecule has 1 nitrogen and oxygen atoms in total. The molecule has 0 spiro atoms. The predicted octanol–water partition coefficient (Wildman–Crippen LogP) is 9.21. The summed E-state index contributed by atoms with van der Waals surface area (Å²) in [5, 5.41) is 9.82. The highest BCUT2D eigenvalue weighted by atomic mass is 14.4. The fourth-order valence-electron chi connectivity index (χ4n) is 5.97. The number of unbranched alkanes of at least 4 members (excludes halogenated alkanes) is 6. The highest BCUT2D eigenvalue weighted by Gasteiger charge is 2.35. The van der Waals surface area contributed by atoms with Gasteiger partial charge in [-0.3, -0.25) is 0 Å². The van der Waals surface area contributed by atoms with Gasteiger partial charge in [0.1, 0.15) is 0 Å². The molecular formula is C27H49N. The first-order valence-corrected chi connectivity index (χ1v) is 13.1. The van der Waals surface area contributed by atoms with E-state index in [9.17, 15) is 5.26 Å². The SMILES string of the molecule is CCCCCCC[C@]1(C#N)CC[C@H](CC[C@H]2CC[C@H](CCCCC)CC2)CC1. The van der Waals surface area contributed by atoms with E-state index in [1.807, 2.05) is 0 Å². The van der Waals surface area contributed by atoms with Gasteiger partial charge < -0.3 is 0 Å². The van der Waals surface area contributed by atoms with Gasteiger partial charge in [-0.05, 0) is 49.9 Å². The molecule has 2 aliphatic rings. The Balaban J connectivity index is 1.57. The molecule has 2 fully saturated rings. The Bertz CT molecular complexity index is 418. The lowest BCUT2D eigenvalue weighted by Gasteiger charge is -2.36. The van der Waals surface area contributed by atoms with Crippen LogP contribution in [-0.2, 0) is 0 Å². The number of hydrogen-bond donors (Lipinski definition) is 0. The first kappa shape index (κ1) is 23.8. The summed E-state index contributed by atoms with van der Waals surface area (Å²) >= 11 is 0. The lowest BCUT2D eigenvalue weighted by atomic mass is 9.67. The van der Waals surface area contributed by atoms with Crippen molar-refractivity contribution in [1.29, 1.82) is 5.26 Å². The Morgan fingerprint density at radius 1 is 0.643 bits per heavy atom. The summed E-state index contributed by atoms with van der Waals surface area (Å²) in [4.78, 5) is 0. The van der Waals surface area contributed by atoms with Gasteiger partial charge in [0, 0.05) is 0 Å². The monoisotopic (exact) mass is 387 g/mol. The summed E-state index contributed by atoms with van der Waals surface area (Å²) in [6, 6.07) is 2.76. The van der Waals surface area contributed by atoms with Crippen LogP contribution in [0.15, 0.2) is 0 Å². The van der Waals surface area contributed by atoms with Gasteiger partial charge >= 0.3 is 0 Å². The van der Waals surface area contributed by atoms with Gasteiger partial charge in [0.05, 0.1) is 11.5 Å². The maximum atomic E-state index is 9.82. The quantitative estimate of drug-likeness (QED) is 0.289. The van der Waals surface area contributed by atoms with Crippen LogP contribution in [0.4, 0.5) is 0 Å². The molecule has 0 aromatic carbocycles. The van der Waals surface area contributed by atoms with Crippen molar-refractivity contribution in [2.75, 3.05) is 0 Å². The normalized spacial score (nSPS) is 30.8. The number of nitrogens with zero attached hydrogens (tertiary/aromatic N) is 1. The average molecular weight is 388 g/mol. The molecule has 0 amide bonds. The molecule has 0 aromatic rings. The number of rotatable bonds is 13. The lowest BCUT2D eigenvalue weighted by Crippen LogP contribution is -2.26. The third kappa shape index (κ3) is 8.47. The maximum Gasteiger partial charge on any atom is 0.0689 e. The van der Waals surface area contributed by atoms with E-state index in [1.165, 1.54) is 128 Å². The van der Waals surface area contributed by atoms with Crippen molar-refractivity contribution in [2.24, 2.45) is 23.2 Å². The largest absolute Gasteiger partial charge is 0.198 e. The molecule has 28 heavy (non-hydrogen) atoms. The molecule has 2 saturated carbocycles. The molecule has 0 unspecified atom stereocenters. The van der Waals surface area contributed by atoms with E-state index in [2.05, 4.69) is 19.9 Å². The highest BCUT2D eigenvalue weighted by molar-refractivity contribution is 5.01. The van der Waals surface area contributed by atoms with Crippen LogP contribution in [0, 0.1) is 34.5 Å². The van der Waals surface area contributed by atoms with Gasteiger partial charge in [-0.25, -0.2) is 0 Å². The van der Waals surface area contributed by atoms with Crippen molar-refractivity contribution >= 4 is 0 Å². The molecule has 2 aliphatic carbocycles. The highest BCUT2D eigenvalue weighted by Crippen LogP contribution is 2.44. The number of hydrogen-bond acceptors (Lipinski definition) is 1. The molecule has 162 valence electrons. The summed E-state index contributed by atoms with van der Waals surface area (Å²) < 4.78 is 0. The van der Waals surface area contributed by atoms with E-state index in [0.717, 1.165) is 17.8 Å². The van der Waals surface area contributed by atoms with Crippen LogP contribution in [0.5, 0.6) is 0 Å². The molecule has 0 radical (unpaired) electrons. The van der Waals surface area contributed by atoms with Crippen molar-refractivity contribution in [2.45, 2.75) is 142 Å². The Morgan fingerprint density at radius 2 is 1.14 bits per heavy atom. The van der Waals surface area contributed by atoms with Crippen LogP contribution in [0.25, 0.3) is 0 Å². The summed E-state index contributed by atoms with van der Waals surface area (Å²) in [5.41, 5.74) is 0.0409. The molecule has 0 bridgehead atoms. The first-order chi connectivity index (χ1) is 13.7. The summed E-state index contributed by atoms with van der Waals surface area (Å²) in [5.74, 6) is 2.98. The molecule has 2 rings (SSSR count). The van der Waals surface area contributed by atoms with E-state index in [1.54, 1.807) is 0 Å². The van der Waals surface area contributed by atoms with E-state index < -0.39 is 0 Å². The standard InChI is InChI=1S/C27H49N/c1-3-5-7-8-10-20-27(23-28)21-18-26(19-22-27)17-16-25-14-12-24(13-15-25)11-9-6-4-2/h24-26H,3-22H2,1-2H3/t24-,25-,26-,27-. The van der Waals surface area contributed by atoms with Gasteiger partial charge in [-0.1, -0.05) is 110 Å². The Labute approximate surface area is 177 Å². The zero-order valence-corrected chi connectivity index (χ0v) is 19.3. The molecule has 0 heterocycles. The minimum absolute atomic E-state index is 0.0409. The van der Waals surface area contributed by atoms with E-state index >= 15 is 0 Å². The van der Waals surface area contributed by atoms with Crippen LogP contribution in [0.2, 0.25) is 0 Å². The van der Waals surface area contributed by atoms with Gasteiger partial charge in [-0.2, -0.15) is 5.26 Å². The smallest absolute Gasteiger partial charge is 0.0689 e. The number of nitriles is 1. The van der Waals surface area contributed by atoms with Crippen molar-refractivity contribution in [3.05, 3.63) is 0 Å². The molecule has 0 N–H and O–H groups in total. The van der Waals surface area contributed by atoms with Gasteiger partial charge in [0.25, 0.3) is 0 Å². The third-order valence-corrected chi connectivity index (χ3v) is 8.22. The predicted molar refractivity (Wildman–Crippen MR) is 122 cm³/mol. The lowest BCUT2D eigenvalue weighted by molar-refractivity contribution is 0.170. The summed E-state index contributed by atoms with van der Waals surface area (Å²) in [6.45, 7) is 4.59. The van der Waals surface area contributed by atoms with E-state index in [-0.39, 0.29) is 5.41 Å². The molecule has 0 atom stereocenters. The van der Waals surface area contributed by atoms with Crippen molar-refractivity contribution in [3.63, 3.8) is 0 Å². The molecule has 1 heteroatoms. The van der Waals surface area contributed by atoms with Crippen molar-refractivity contribution in [3.8, 4) is 6.07 Å². The van der Waals surface area contributed by atoms with Crippen LogP contribution in [-0.4, -0.2) is 0 Å². The summed E-state index contributed by atoms with van der Waals surface area (Å²) in [7, 11) is 0. The average Bonchev–Trinajstić information content (AvgIpc) is 2.74. The maximum absolute atomic E-state index is 9.82. The molecule has 0 aromatic heterocycles. The second kappa shape index (κ2) is 13.7. The molecule has 0 aliphatic heterocycles. The van der Waals surface area contributed by atoms with Gasteiger partial charge in [0.2, 0.25) is 0 Å². The Kier molecular flexibility index (Phi) is 11.6. The third-order valence-electron chi connectivity index (χ3n) is 8.22. The van der Waals surface area contributed by atoms with Crippen LogP contribution >= 0.6 is 0 Å². The summed E-state index contributed by atoms with van der Waals surface area (Å²) in [6.07, 6.45) is 27.6. The van der Waals surface area contributed by atoms with Crippen LogP contribution < -0.4 is 0 Å². The zero-order chi connectivity index (χ0) is 20.1. The van der Waals surface area contributed by atoms with Crippen molar-refractivity contribution in [1.82, 2.24) is 0 Å². The topological polar surface area (TPSA) is 23.8 Å². The molecule has 0 saturated heterocycles. The second-order valence-electron chi connectivity index (χ2n) is 10.5. The van der Waals surface area contributed by atoms with E-state index in [0.29, 0.717) is 0 Å². The van der Waals surface area contributed by atoms with Gasteiger partial charge in [-0.15, -0.1) is 0 Å². The van der Waals surface area contributed by atoms with Crippen molar-refractivity contribution < 1.29 is 0 Å². The fourth-order valence-corrected chi connectivity index (χ4v) is 5.97. The van der Waals surface area contributed by atoms with E-state index in [4.69, 9.17) is 0 Å². The zero-order valence-electron chi connectivity index (χ0n) is 19.3. The van der Waals surface area contributed by atoms with Crippen LogP contribution in [0.3, 0.4) is 0 Å².